The third-order valence-electron chi connectivity index (χ3n) is 2.59. The molecule has 1 aliphatic rings. The van der Waals surface area contributed by atoms with E-state index < -0.39 is 0 Å². The number of hydrogen-bond acceptors (Lipinski definition) is 2. The zero-order valence-corrected chi connectivity index (χ0v) is 8.37. The van der Waals surface area contributed by atoms with Crippen molar-refractivity contribution in [1.29, 1.82) is 0 Å². The molecule has 1 saturated heterocycles. The normalized spacial score (nSPS) is 26.9. The lowest BCUT2D eigenvalue weighted by Crippen LogP contribution is -2.56. The maximum atomic E-state index is 11.5. The van der Waals surface area contributed by atoms with Crippen LogP contribution in [0.2, 0.25) is 0 Å². The summed E-state index contributed by atoms with van der Waals surface area (Å²) < 4.78 is 0. The Morgan fingerprint density at radius 1 is 1.42 bits per heavy atom. The second kappa shape index (κ2) is 3.44. The van der Waals surface area contributed by atoms with E-state index in [9.17, 15) is 4.79 Å². The second-order valence-electron chi connectivity index (χ2n) is 3.77. The molecule has 1 fully saturated rings. The number of piperazine rings is 1. The van der Waals surface area contributed by atoms with Gasteiger partial charge >= 0.3 is 0 Å². The highest BCUT2D eigenvalue weighted by molar-refractivity contribution is 5.81. The maximum absolute atomic E-state index is 11.5. The third kappa shape index (κ3) is 1.61. The lowest BCUT2D eigenvalue weighted by atomic mass is 10.1. The van der Waals surface area contributed by atoms with Crippen LogP contribution in [0.15, 0.2) is 0 Å². The minimum atomic E-state index is 0.0590. The van der Waals surface area contributed by atoms with E-state index in [-0.39, 0.29) is 11.9 Å². The number of carbonyl (C=O) groups excluding carboxylic acids is 1. The molecule has 0 radical (unpaired) electrons. The van der Waals surface area contributed by atoms with Crippen molar-refractivity contribution in [3.63, 3.8) is 0 Å². The van der Waals surface area contributed by atoms with Gasteiger partial charge in [-0.25, -0.2) is 0 Å². The molecule has 1 heterocycles. The lowest BCUT2D eigenvalue weighted by Gasteiger charge is -2.39. The van der Waals surface area contributed by atoms with Crippen LogP contribution < -0.4 is 0 Å². The van der Waals surface area contributed by atoms with E-state index >= 15 is 0 Å². The van der Waals surface area contributed by atoms with E-state index in [0.29, 0.717) is 6.04 Å². The highest BCUT2D eigenvalue weighted by Crippen LogP contribution is 2.12. The fourth-order valence-electron chi connectivity index (χ4n) is 1.74. The topological polar surface area (TPSA) is 23.6 Å². The van der Waals surface area contributed by atoms with Crippen LogP contribution in [0.4, 0.5) is 0 Å². The Bertz CT molecular complexity index is 179. The van der Waals surface area contributed by atoms with E-state index in [1.54, 1.807) is 0 Å². The molecule has 1 aliphatic heterocycles. The van der Waals surface area contributed by atoms with Crippen LogP contribution in [0.5, 0.6) is 0 Å². The summed E-state index contributed by atoms with van der Waals surface area (Å²) >= 11 is 0. The summed E-state index contributed by atoms with van der Waals surface area (Å²) in [7, 11) is 1.87. The molecule has 0 unspecified atom stereocenters. The van der Waals surface area contributed by atoms with Gasteiger partial charge in [0.2, 0.25) is 5.91 Å². The molecule has 0 aromatic heterocycles. The van der Waals surface area contributed by atoms with Gasteiger partial charge in [0.05, 0.1) is 6.04 Å². The highest BCUT2D eigenvalue weighted by Gasteiger charge is 2.30. The number of likely N-dealkylation sites (N-methyl/N-ethyl adjacent to an activating group) is 1. The molecule has 1 rings (SSSR count). The monoisotopic (exact) mass is 170 g/mol. The Labute approximate surface area is 74.3 Å². The van der Waals surface area contributed by atoms with Crippen molar-refractivity contribution in [2.24, 2.45) is 0 Å². The van der Waals surface area contributed by atoms with Gasteiger partial charge in [-0.1, -0.05) is 0 Å². The molecule has 70 valence electrons. The smallest absolute Gasteiger partial charge is 0.239 e. The average Bonchev–Trinajstić information content (AvgIpc) is 2.00. The van der Waals surface area contributed by atoms with Crippen molar-refractivity contribution >= 4 is 5.91 Å². The molecule has 0 aromatic carbocycles. The molecular formula is C9H18N2O. The summed E-state index contributed by atoms with van der Waals surface area (Å²) in [4.78, 5) is 15.6. The van der Waals surface area contributed by atoms with E-state index in [4.69, 9.17) is 0 Å². The molecule has 1 atom stereocenters. The summed E-state index contributed by atoms with van der Waals surface area (Å²) in [6.07, 6.45) is 0. The summed E-state index contributed by atoms with van der Waals surface area (Å²) in [6, 6.07) is 0.529. The molecule has 3 nitrogen and oxygen atoms in total. The average molecular weight is 170 g/mol. The number of nitrogens with zero attached hydrogens (tertiary/aromatic N) is 2. The SMILES string of the molecule is CC(C)N1CCN(C)C(=O)[C@@H]1C. The highest BCUT2D eigenvalue weighted by atomic mass is 16.2. The Morgan fingerprint density at radius 3 is 2.50 bits per heavy atom. The van der Waals surface area contributed by atoms with Crippen molar-refractivity contribution in [2.75, 3.05) is 20.1 Å². The van der Waals surface area contributed by atoms with Crippen LogP contribution in [0.1, 0.15) is 20.8 Å². The van der Waals surface area contributed by atoms with Crippen LogP contribution >= 0.6 is 0 Å². The zero-order chi connectivity index (χ0) is 9.30. The lowest BCUT2D eigenvalue weighted by molar-refractivity contribution is -0.140. The largest absolute Gasteiger partial charge is 0.343 e. The summed E-state index contributed by atoms with van der Waals surface area (Å²) in [5, 5.41) is 0. The third-order valence-corrected chi connectivity index (χ3v) is 2.59. The van der Waals surface area contributed by atoms with Crippen molar-refractivity contribution < 1.29 is 4.79 Å². The molecule has 0 aromatic rings. The molecular weight excluding hydrogens is 152 g/mol. The standard InChI is InChI=1S/C9H18N2O/c1-7(2)11-6-5-10(4)9(12)8(11)3/h7-8H,5-6H2,1-4H3/t8-/m0/s1. The number of carbonyl (C=O) groups is 1. The van der Waals surface area contributed by atoms with Gasteiger partial charge in [-0.05, 0) is 20.8 Å². The Balaban J connectivity index is 2.65. The van der Waals surface area contributed by atoms with E-state index in [2.05, 4.69) is 18.7 Å². The first-order valence-electron chi connectivity index (χ1n) is 4.54. The van der Waals surface area contributed by atoms with Crippen LogP contribution in [0, 0.1) is 0 Å². The maximum Gasteiger partial charge on any atom is 0.239 e. The zero-order valence-electron chi connectivity index (χ0n) is 8.37. The van der Waals surface area contributed by atoms with Gasteiger partial charge in [0.25, 0.3) is 0 Å². The van der Waals surface area contributed by atoms with Crippen LogP contribution in [0.25, 0.3) is 0 Å². The second-order valence-corrected chi connectivity index (χ2v) is 3.77. The summed E-state index contributed by atoms with van der Waals surface area (Å²) in [5.74, 6) is 0.245. The first kappa shape index (κ1) is 9.52. The van der Waals surface area contributed by atoms with E-state index in [1.165, 1.54) is 0 Å². The first-order chi connectivity index (χ1) is 5.54. The number of rotatable bonds is 1. The number of hydrogen-bond donors (Lipinski definition) is 0. The predicted octanol–water partition coefficient (Wildman–Crippen LogP) is 0.557. The summed E-state index contributed by atoms with van der Waals surface area (Å²) in [6.45, 7) is 8.12. The van der Waals surface area contributed by atoms with Crippen LogP contribution in [-0.2, 0) is 4.79 Å². The quantitative estimate of drug-likeness (QED) is 0.574. The van der Waals surface area contributed by atoms with E-state index in [0.717, 1.165) is 13.1 Å². The molecule has 1 amide bonds. The van der Waals surface area contributed by atoms with Gasteiger partial charge in [-0.3, -0.25) is 9.69 Å². The Kier molecular flexibility index (Phi) is 2.73. The minimum Gasteiger partial charge on any atom is -0.343 e. The fraction of sp³-hybridized carbons (Fsp3) is 0.889. The van der Waals surface area contributed by atoms with Crippen LogP contribution in [-0.4, -0.2) is 47.9 Å². The van der Waals surface area contributed by atoms with Gasteiger partial charge in [-0.2, -0.15) is 0 Å². The van der Waals surface area contributed by atoms with Gasteiger partial charge in [0.15, 0.2) is 0 Å². The Morgan fingerprint density at radius 2 is 2.00 bits per heavy atom. The molecule has 0 aliphatic carbocycles. The molecule has 0 N–H and O–H groups in total. The van der Waals surface area contributed by atoms with Crippen molar-refractivity contribution in [1.82, 2.24) is 9.80 Å². The van der Waals surface area contributed by atoms with Gasteiger partial charge < -0.3 is 4.90 Å². The van der Waals surface area contributed by atoms with Crippen LogP contribution in [0.3, 0.4) is 0 Å². The van der Waals surface area contributed by atoms with Gasteiger partial charge in [0, 0.05) is 26.2 Å². The van der Waals surface area contributed by atoms with E-state index in [1.807, 2.05) is 18.9 Å². The molecule has 12 heavy (non-hydrogen) atoms. The Hall–Kier alpha value is -0.570. The van der Waals surface area contributed by atoms with Gasteiger partial charge in [0.1, 0.15) is 0 Å². The van der Waals surface area contributed by atoms with Crippen molar-refractivity contribution in [3.05, 3.63) is 0 Å². The summed E-state index contributed by atoms with van der Waals surface area (Å²) in [5.41, 5.74) is 0. The predicted molar refractivity (Wildman–Crippen MR) is 48.9 cm³/mol. The molecule has 3 heteroatoms. The van der Waals surface area contributed by atoms with Gasteiger partial charge in [-0.15, -0.1) is 0 Å². The van der Waals surface area contributed by atoms with Crippen molar-refractivity contribution in [2.45, 2.75) is 32.9 Å². The minimum absolute atomic E-state index is 0.0590. The van der Waals surface area contributed by atoms with Crippen molar-refractivity contribution in [3.8, 4) is 0 Å². The number of amides is 1. The molecule has 0 saturated carbocycles. The first-order valence-corrected chi connectivity index (χ1v) is 4.54. The molecule has 0 bridgehead atoms. The fourth-order valence-corrected chi connectivity index (χ4v) is 1.74. The molecule has 0 spiro atoms.